The lowest BCUT2D eigenvalue weighted by Gasteiger charge is -2.18. The molecule has 2 aromatic rings. The maximum atomic E-state index is 12.4. The zero-order valence-corrected chi connectivity index (χ0v) is 15.1. The van der Waals surface area contributed by atoms with Crippen molar-refractivity contribution in [3.05, 3.63) is 50.3 Å². The molecule has 23 heavy (non-hydrogen) atoms. The molecule has 3 N–H and O–H groups in total. The predicted molar refractivity (Wildman–Crippen MR) is 96.1 cm³/mol. The van der Waals surface area contributed by atoms with Crippen molar-refractivity contribution >= 4 is 44.1 Å². The van der Waals surface area contributed by atoms with Gasteiger partial charge in [-0.2, -0.15) is 0 Å². The van der Waals surface area contributed by atoms with Crippen LogP contribution in [0.2, 0.25) is 0 Å². The molecule has 1 aliphatic carbocycles. The van der Waals surface area contributed by atoms with E-state index in [0.717, 1.165) is 29.3 Å². The summed E-state index contributed by atoms with van der Waals surface area (Å²) in [4.78, 5) is 25.5. The van der Waals surface area contributed by atoms with Crippen LogP contribution >= 0.6 is 27.3 Å². The number of carbonyl (C=O) groups excluding carboxylic acids is 2. The molecule has 1 aromatic carbocycles. The van der Waals surface area contributed by atoms with Gasteiger partial charge in [0.25, 0.3) is 11.8 Å². The molecule has 0 aliphatic heterocycles. The average Bonchev–Trinajstić information content (AvgIpc) is 2.84. The fourth-order valence-corrected chi connectivity index (χ4v) is 4.56. The summed E-state index contributed by atoms with van der Waals surface area (Å²) < 4.78 is 0.833. The molecular weight excluding hydrogens is 376 g/mol. The van der Waals surface area contributed by atoms with Gasteiger partial charge in [0.15, 0.2) is 0 Å². The number of fused-ring (bicyclic) bond motifs is 1. The van der Waals surface area contributed by atoms with Crippen LogP contribution in [0.1, 0.15) is 44.5 Å². The second kappa shape index (κ2) is 6.45. The van der Waals surface area contributed by atoms with Gasteiger partial charge in [-0.15, -0.1) is 11.3 Å². The molecule has 4 nitrogen and oxygen atoms in total. The lowest BCUT2D eigenvalue weighted by Crippen LogP contribution is -2.19. The van der Waals surface area contributed by atoms with E-state index in [4.69, 9.17) is 5.73 Å². The molecule has 1 aliphatic rings. The summed E-state index contributed by atoms with van der Waals surface area (Å²) in [6, 6.07) is 7.14. The molecule has 0 bridgehead atoms. The van der Waals surface area contributed by atoms with E-state index < -0.39 is 5.91 Å². The number of hydrogen-bond donors (Lipinski definition) is 2. The molecule has 0 radical (unpaired) electrons. The molecule has 1 aromatic heterocycles. The molecule has 6 heteroatoms. The smallest absolute Gasteiger partial charge is 0.256 e. The second-order valence-corrected chi connectivity index (χ2v) is 7.91. The maximum Gasteiger partial charge on any atom is 0.256 e. The normalized spacial score (nSPS) is 16.7. The quantitative estimate of drug-likeness (QED) is 0.828. The van der Waals surface area contributed by atoms with E-state index in [0.29, 0.717) is 22.0 Å². The largest absolute Gasteiger partial charge is 0.365 e. The van der Waals surface area contributed by atoms with Crippen molar-refractivity contribution in [2.75, 3.05) is 5.32 Å². The van der Waals surface area contributed by atoms with Crippen LogP contribution in [-0.4, -0.2) is 11.8 Å². The summed E-state index contributed by atoms with van der Waals surface area (Å²) in [6.45, 7) is 2.17. The van der Waals surface area contributed by atoms with Crippen molar-refractivity contribution < 1.29 is 9.59 Å². The molecule has 2 amide bonds. The van der Waals surface area contributed by atoms with Gasteiger partial charge in [-0.05, 0) is 48.9 Å². The van der Waals surface area contributed by atoms with Crippen LogP contribution < -0.4 is 11.1 Å². The van der Waals surface area contributed by atoms with Gasteiger partial charge < -0.3 is 11.1 Å². The Hall–Kier alpha value is -1.66. The summed E-state index contributed by atoms with van der Waals surface area (Å²) >= 11 is 4.83. The SMILES string of the molecule is C[C@H]1CCc2sc(NC(=O)c3cccc(Br)c3)c(C(N)=O)c2C1. The van der Waals surface area contributed by atoms with Crippen LogP contribution in [0.25, 0.3) is 0 Å². The number of benzene rings is 1. The van der Waals surface area contributed by atoms with Crippen LogP contribution in [0.3, 0.4) is 0 Å². The number of aryl methyl sites for hydroxylation is 1. The Kier molecular flexibility index (Phi) is 4.55. The van der Waals surface area contributed by atoms with E-state index in [1.54, 1.807) is 18.2 Å². The predicted octanol–water partition coefficient (Wildman–Crippen LogP) is 3.99. The highest BCUT2D eigenvalue weighted by Gasteiger charge is 2.27. The van der Waals surface area contributed by atoms with Gasteiger partial charge in [-0.1, -0.05) is 28.9 Å². The summed E-state index contributed by atoms with van der Waals surface area (Å²) in [7, 11) is 0. The first-order valence-electron chi connectivity index (χ1n) is 7.47. The fraction of sp³-hybridized carbons (Fsp3) is 0.294. The lowest BCUT2D eigenvalue weighted by molar-refractivity contribution is 0.1000. The second-order valence-electron chi connectivity index (χ2n) is 5.88. The van der Waals surface area contributed by atoms with Gasteiger partial charge in [0.05, 0.1) is 5.56 Å². The van der Waals surface area contributed by atoms with Crippen molar-refractivity contribution in [1.82, 2.24) is 0 Å². The Morgan fingerprint density at radius 3 is 2.87 bits per heavy atom. The third-order valence-corrected chi connectivity index (χ3v) is 5.77. The number of primary amides is 1. The fourth-order valence-electron chi connectivity index (χ4n) is 2.91. The van der Waals surface area contributed by atoms with Gasteiger partial charge in [-0.3, -0.25) is 9.59 Å². The summed E-state index contributed by atoms with van der Waals surface area (Å²) in [6.07, 6.45) is 2.88. The van der Waals surface area contributed by atoms with Crippen molar-refractivity contribution in [3.63, 3.8) is 0 Å². The molecular formula is C17H17BrN2O2S. The summed E-state index contributed by atoms with van der Waals surface area (Å²) in [5, 5.41) is 3.44. The Morgan fingerprint density at radius 1 is 1.39 bits per heavy atom. The minimum atomic E-state index is -0.471. The number of amides is 2. The number of nitrogens with two attached hydrogens (primary N) is 1. The number of hydrogen-bond acceptors (Lipinski definition) is 3. The number of anilines is 1. The van der Waals surface area contributed by atoms with Crippen molar-refractivity contribution in [2.24, 2.45) is 11.7 Å². The Morgan fingerprint density at radius 2 is 2.17 bits per heavy atom. The highest BCUT2D eigenvalue weighted by Crippen LogP contribution is 2.39. The highest BCUT2D eigenvalue weighted by molar-refractivity contribution is 9.10. The maximum absolute atomic E-state index is 12.4. The minimum Gasteiger partial charge on any atom is -0.365 e. The van der Waals surface area contributed by atoms with Crippen LogP contribution in [0.5, 0.6) is 0 Å². The van der Waals surface area contributed by atoms with Gasteiger partial charge in [0.1, 0.15) is 5.00 Å². The van der Waals surface area contributed by atoms with Crippen LogP contribution in [0, 0.1) is 5.92 Å². The van der Waals surface area contributed by atoms with Gasteiger partial charge in [-0.25, -0.2) is 0 Å². The first-order valence-corrected chi connectivity index (χ1v) is 9.08. The molecule has 0 spiro atoms. The topological polar surface area (TPSA) is 72.2 Å². The number of halogens is 1. The monoisotopic (exact) mass is 392 g/mol. The van der Waals surface area contributed by atoms with E-state index in [1.807, 2.05) is 6.07 Å². The number of rotatable bonds is 3. The third-order valence-electron chi connectivity index (χ3n) is 4.07. The van der Waals surface area contributed by atoms with Gasteiger partial charge >= 0.3 is 0 Å². The van der Waals surface area contributed by atoms with Crippen molar-refractivity contribution in [2.45, 2.75) is 26.2 Å². The molecule has 0 fully saturated rings. The summed E-state index contributed by atoms with van der Waals surface area (Å²) in [5.74, 6) is -0.176. The number of carbonyl (C=O) groups is 2. The first kappa shape index (κ1) is 16.2. The van der Waals surface area contributed by atoms with Crippen LogP contribution in [-0.2, 0) is 12.8 Å². The van der Waals surface area contributed by atoms with E-state index in [1.165, 1.54) is 16.2 Å². The standard InChI is InChI=1S/C17H17BrN2O2S/c1-9-5-6-13-12(7-9)14(15(19)21)17(23-13)20-16(22)10-3-2-4-11(18)8-10/h2-4,8-9H,5-7H2,1H3,(H2,19,21)(H,20,22)/t9-/m0/s1. The molecule has 120 valence electrons. The molecule has 0 saturated carbocycles. The zero-order chi connectivity index (χ0) is 16.6. The Labute approximate surface area is 147 Å². The van der Waals surface area contributed by atoms with Crippen LogP contribution in [0.4, 0.5) is 5.00 Å². The van der Waals surface area contributed by atoms with E-state index in [-0.39, 0.29) is 5.91 Å². The molecule has 0 saturated heterocycles. The van der Waals surface area contributed by atoms with Crippen molar-refractivity contribution in [1.29, 1.82) is 0 Å². The number of nitrogens with one attached hydrogen (secondary N) is 1. The van der Waals surface area contributed by atoms with Gasteiger partial charge in [0.2, 0.25) is 0 Å². The summed E-state index contributed by atoms with van der Waals surface area (Å²) in [5.41, 5.74) is 7.62. The molecule has 3 rings (SSSR count). The van der Waals surface area contributed by atoms with Gasteiger partial charge in [0, 0.05) is 14.9 Å². The Balaban J connectivity index is 1.94. The Bertz CT molecular complexity index is 785. The van der Waals surface area contributed by atoms with E-state index in [9.17, 15) is 9.59 Å². The van der Waals surface area contributed by atoms with E-state index in [2.05, 4.69) is 28.2 Å². The first-order chi connectivity index (χ1) is 11.0. The van der Waals surface area contributed by atoms with E-state index >= 15 is 0 Å². The van der Waals surface area contributed by atoms with Crippen molar-refractivity contribution in [3.8, 4) is 0 Å². The minimum absolute atomic E-state index is 0.236. The average molecular weight is 393 g/mol. The highest BCUT2D eigenvalue weighted by atomic mass is 79.9. The lowest BCUT2D eigenvalue weighted by atomic mass is 9.87. The van der Waals surface area contributed by atoms with Crippen LogP contribution in [0.15, 0.2) is 28.7 Å². The zero-order valence-electron chi connectivity index (χ0n) is 12.7. The molecule has 1 heterocycles. The molecule has 0 unspecified atom stereocenters. The molecule has 1 atom stereocenters. The number of thiophene rings is 1. The third kappa shape index (κ3) is 3.33.